The van der Waals surface area contributed by atoms with Gasteiger partial charge < -0.3 is 4.90 Å². The molecular weight excluding hydrogens is 382 g/mol. The van der Waals surface area contributed by atoms with Gasteiger partial charge in [0.2, 0.25) is 5.91 Å². The first-order chi connectivity index (χ1) is 14.0. The lowest BCUT2D eigenvalue weighted by molar-refractivity contribution is -0.129. The van der Waals surface area contributed by atoms with Gasteiger partial charge in [-0.3, -0.25) is 4.79 Å². The highest BCUT2D eigenvalue weighted by Crippen LogP contribution is 2.25. The van der Waals surface area contributed by atoms with Gasteiger partial charge in [0.15, 0.2) is 9.84 Å². The van der Waals surface area contributed by atoms with Crippen LogP contribution in [0.5, 0.6) is 0 Å². The van der Waals surface area contributed by atoms with Crippen LogP contribution in [-0.4, -0.2) is 37.6 Å². The quantitative estimate of drug-likeness (QED) is 0.645. The Hall–Kier alpha value is -2.92. The average molecular weight is 406 g/mol. The lowest BCUT2D eigenvalue weighted by Crippen LogP contribution is -2.32. The molecule has 0 N–H and O–H groups in total. The molecule has 4 nitrogen and oxygen atoms in total. The Bertz CT molecular complexity index is 1080. The maximum Gasteiger partial charge on any atom is 0.227 e. The zero-order chi connectivity index (χ0) is 20.3. The van der Waals surface area contributed by atoms with E-state index < -0.39 is 15.1 Å². The molecule has 1 aliphatic heterocycles. The summed E-state index contributed by atoms with van der Waals surface area (Å²) in [5.74, 6) is -0.0248. The molecule has 0 radical (unpaired) electrons. The summed E-state index contributed by atoms with van der Waals surface area (Å²) in [6.45, 7) is 0.746. The van der Waals surface area contributed by atoms with Crippen LogP contribution in [0, 0.1) is 0 Å². The Kier molecular flexibility index (Phi) is 5.49. The number of rotatable bonds is 5. The van der Waals surface area contributed by atoms with Crippen LogP contribution in [-0.2, 0) is 21.1 Å². The molecule has 0 saturated carbocycles. The number of amides is 1. The van der Waals surface area contributed by atoms with Crippen LogP contribution in [0.4, 0.5) is 0 Å². The number of carbonyl (C=O) groups is 1. The number of hydrogen-bond donors (Lipinski definition) is 0. The van der Waals surface area contributed by atoms with E-state index in [9.17, 15) is 13.2 Å². The molecule has 0 aliphatic carbocycles. The lowest BCUT2D eigenvalue weighted by Gasteiger charge is -2.17. The van der Waals surface area contributed by atoms with Gasteiger partial charge in [0.05, 0.1) is 16.6 Å². The van der Waals surface area contributed by atoms with E-state index >= 15 is 0 Å². The van der Waals surface area contributed by atoms with E-state index in [1.807, 2.05) is 42.5 Å². The minimum absolute atomic E-state index is 0.0248. The summed E-state index contributed by atoms with van der Waals surface area (Å²) in [5, 5.41) is -0.533. The molecule has 0 aromatic heterocycles. The first-order valence-electron chi connectivity index (χ1n) is 9.75. The predicted octanol–water partition coefficient (Wildman–Crippen LogP) is 3.97. The molecule has 0 bridgehead atoms. The van der Waals surface area contributed by atoms with Crippen LogP contribution >= 0.6 is 0 Å². The van der Waals surface area contributed by atoms with Crippen LogP contribution in [0.2, 0.25) is 0 Å². The van der Waals surface area contributed by atoms with Crippen molar-refractivity contribution in [3.8, 4) is 11.1 Å². The van der Waals surface area contributed by atoms with E-state index in [4.69, 9.17) is 0 Å². The molecule has 0 spiro atoms. The topological polar surface area (TPSA) is 54.5 Å². The van der Waals surface area contributed by atoms with Gasteiger partial charge in [-0.1, -0.05) is 72.8 Å². The molecule has 1 saturated heterocycles. The van der Waals surface area contributed by atoms with Crippen LogP contribution in [0.3, 0.4) is 0 Å². The molecule has 4 rings (SSSR count). The number of nitrogens with zero attached hydrogens (tertiary/aromatic N) is 1. The molecule has 1 aliphatic rings. The number of sulfone groups is 1. The highest BCUT2D eigenvalue weighted by molar-refractivity contribution is 7.92. The Balaban J connectivity index is 1.40. The second-order valence-corrected chi connectivity index (χ2v) is 9.58. The van der Waals surface area contributed by atoms with E-state index in [0.717, 1.165) is 16.7 Å². The van der Waals surface area contributed by atoms with Crippen molar-refractivity contribution in [3.05, 3.63) is 90.5 Å². The third kappa shape index (κ3) is 4.25. The Morgan fingerprint density at radius 3 is 2.07 bits per heavy atom. The SMILES string of the molecule is O=C(Cc1ccc(-c2ccccc2)cc1)N1CCC(S(=O)(=O)c2ccccc2)C1. The molecule has 1 atom stereocenters. The summed E-state index contributed by atoms with van der Waals surface area (Å²) >= 11 is 0. The molecule has 1 heterocycles. The highest BCUT2D eigenvalue weighted by Gasteiger charge is 2.35. The minimum Gasteiger partial charge on any atom is -0.341 e. The third-order valence-corrected chi connectivity index (χ3v) is 7.62. The lowest BCUT2D eigenvalue weighted by atomic mass is 10.0. The number of benzene rings is 3. The van der Waals surface area contributed by atoms with Crippen molar-refractivity contribution in [1.29, 1.82) is 0 Å². The van der Waals surface area contributed by atoms with Crippen LogP contribution < -0.4 is 0 Å². The number of hydrogen-bond acceptors (Lipinski definition) is 3. The number of likely N-dealkylation sites (tertiary alicyclic amines) is 1. The zero-order valence-electron chi connectivity index (χ0n) is 16.1. The highest BCUT2D eigenvalue weighted by atomic mass is 32.2. The first kappa shape index (κ1) is 19.4. The van der Waals surface area contributed by atoms with Crippen molar-refractivity contribution in [1.82, 2.24) is 4.90 Å². The Labute approximate surface area is 171 Å². The van der Waals surface area contributed by atoms with Crippen LogP contribution in [0.15, 0.2) is 89.8 Å². The summed E-state index contributed by atoms with van der Waals surface area (Å²) in [5.41, 5.74) is 3.18. The second kappa shape index (κ2) is 8.21. The zero-order valence-corrected chi connectivity index (χ0v) is 16.9. The molecular formula is C24H23NO3S. The van der Waals surface area contributed by atoms with Crippen molar-refractivity contribution >= 4 is 15.7 Å². The van der Waals surface area contributed by atoms with E-state index in [2.05, 4.69) is 12.1 Å². The van der Waals surface area contributed by atoms with Crippen molar-refractivity contribution in [2.75, 3.05) is 13.1 Å². The van der Waals surface area contributed by atoms with Gasteiger partial charge in [0, 0.05) is 13.1 Å². The van der Waals surface area contributed by atoms with Gasteiger partial charge in [0.25, 0.3) is 0 Å². The standard InChI is InChI=1S/C24H23NO3S/c26-24(17-19-11-13-21(14-12-19)20-7-3-1-4-8-20)25-16-15-23(18-25)29(27,28)22-9-5-2-6-10-22/h1-14,23H,15-18H2. The van der Waals surface area contributed by atoms with Gasteiger partial charge in [-0.05, 0) is 35.2 Å². The van der Waals surface area contributed by atoms with E-state index in [-0.39, 0.29) is 18.9 Å². The van der Waals surface area contributed by atoms with Crippen molar-refractivity contribution in [2.24, 2.45) is 0 Å². The fraction of sp³-hybridized carbons (Fsp3) is 0.208. The van der Waals surface area contributed by atoms with E-state index in [1.165, 1.54) is 0 Å². The first-order valence-corrected chi connectivity index (χ1v) is 11.3. The summed E-state index contributed by atoms with van der Waals surface area (Å²) in [4.78, 5) is 14.7. The van der Waals surface area contributed by atoms with Crippen LogP contribution in [0.25, 0.3) is 11.1 Å². The third-order valence-electron chi connectivity index (χ3n) is 5.42. The Morgan fingerprint density at radius 1 is 0.828 bits per heavy atom. The molecule has 1 amide bonds. The minimum atomic E-state index is -3.41. The largest absolute Gasteiger partial charge is 0.341 e. The Morgan fingerprint density at radius 2 is 1.41 bits per heavy atom. The molecule has 148 valence electrons. The second-order valence-electron chi connectivity index (χ2n) is 7.35. The maximum absolute atomic E-state index is 12.8. The molecule has 5 heteroatoms. The van der Waals surface area contributed by atoms with Gasteiger partial charge >= 0.3 is 0 Å². The molecule has 3 aromatic rings. The summed E-state index contributed by atoms with van der Waals surface area (Å²) in [6.07, 6.45) is 0.767. The molecule has 3 aromatic carbocycles. The van der Waals surface area contributed by atoms with E-state index in [1.54, 1.807) is 35.2 Å². The summed E-state index contributed by atoms with van der Waals surface area (Å²) < 4.78 is 25.6. The fourth-order valence-electron chi connectivity index (χ4n) is 3.74. The smallest absolute Gasteiger partial charge is 0.227 e. The molecule has 1 fully saturated rings. The summed E-state index contributed by atoms with van der Waals surface area (Å²) in [7, 11) is -3.41. The van der Waals surface area contributed by atoms with Crippen molar-refractivity contribution in [2.45, 2.75) is 23.0 Å². The molecule has 29 heavy (non-hydrogen) atoms. The maximum atomic E-state index is 12.8. The van der Waals surface area contributed by atoms with Gasteiger partial charge in [0.1, 0.15) is 0 Å². The molecule has 1 unspecified atom stereocenters. The normalized spacial score (nSPS) is 16.7. The predicted molar refractivity (Wildman–Crippen MR) is 114 cm³/mol. The fourth-order valence-corrected chi connectivity index (χ4v) is 5.46. The van der Waals surface area contributed by atoms with Gasteiger partial charge in [-0.2, -0.15) is 0 Å². The van der Waals surface area contributed by atoms with Crippen LogP contribution in [0.1, 0.15) is 12.0 Å². The van der Waals surface area contributed by atoms with Crippen molar-refractivity contribution in [3.63, 3.8) is 0 Å². The van der Waals surface area contributed by atoms with Crippen molar-refractivity contribution < 1.29 is 13.2 Å². The average Bonchev–Trinajstić information content (AvgIpc) is 3.27. The summed E-state index contributed by atoms with van der Waals surface area (Å²) in [6, 6.07) is 26.5. The van der Waals surface area contributed by atoms with Gasteiger partial charge in [-0.25, -0.2) is 8.42 Å². The van der Waals surface area contributed by atoms with Gasteiger partial charge in [-0.15, -0.1) is 0 Å². The number of carbonyl (C=O) groups excluding carboxylic acids is 1. The van der Waals surface area contributed by atoms with E-state index in [0.29, 0.717) is 17.9 Å². The monoisotopic (exact) mass is 405 g/mol.